The van der Waals surface area contributed by atoms with E-state index in [1.54, 1.807) is 6.08 Å². The second-order valence-electron chi connectivity index (χ2n) is 3.45. The van der Waals surface area contributed by atoms with Crippen LogP contribution in [0.15, 0.2) is 24.3 Å². The predicted octanol–water partition coefficient (Wildman–Crippen LogP) is 2.24. The van der Waals surface area contributed by atoms with Crippen molar-refractivity contribution in [2.45, 2.75) is 25.7 Å². The summed E-state index contributed by atoms with van der Waals surface area (Å²) in [6.45, 7) is 0. The molecule has 0 atom stereocenters. The fraction of sp³-hybridized carbons (Fsp3) is 0.500. The van der Waals surface area contributed by atoms with Crippen LogP contribution < -0.4 is 0 Å². The van der Waals surface area contributed by atoms with E-state index in [2.05, 4.69) is 6.08 Å². The minimum atomic E-state index is -0.0747. The van der Waals surface area contributed by atoms with Gasteiger partial charge in [-0.1, -0.05) is 31.1 Å². The van der Waals surface area contributed by atoms with Gasteiger partial charge >= 0.3 is 0 Å². The van der Waals surface area contributed by atoms with Crippen LogP contribution in [0.4, 0.5) is 0 Å². The average Bonchev–Trinajstić information content (AvgIpc) is 2.46. The van der Waals surface area contributed by atoms with Crippen LogP contribution in [0.2, 0.25) is 0 Å². The quantitative estimate of drug-likeness (QED) is 0.515. The molecule has 11 heavy (non-hydrogen) atoms. The third-order valence-corrected chi connectivity index (χ3v) is 2.76. The van der Waals surface area contributed by atoms with Crippen molar-refractivity contribution in [1.29, 1.82) is 0 Å². The number of hydrogen-bond acceptors (Lipinski definition) is 1. The Balaban J connectivity index is 2.30. The van der Waals surface area contributed by atoms with E-state index in [-0.39, 0.29) is 5.41 Å². The van der Waals surface area contributed by atoms with Gasteiger partial charge in [0.05, 0.1) is 5.41 Å². The summed E-state index contributed by atoms with van der Waals surface area (Å²) in [5.41, 5.74) is -0.0747. The third-order valence-electron chi connectivity index (χ3n) is 2.76. The normalized spacial score (nSPS) is 26.7. The first-order valence-electron chi connectivity index (χ1n) is 4.24. The van der Waals surface area contributed by atoms with Crippen LogP contribution >= 0.6 is 0 Å². The zero-order chi connectivity index (χ0) is 7.73. The molecule has 0 N–H and O–H groups in total. The summed E-state index contributed by atoms with van der Waals surface area (Å²) in [6, 6.07) is 0. The molecule has 0 aromatic heterocycles. The van der Waals surface area contributed by atoms with Crippen LogP contribution in [0.5, 0.6) is 0 Å². The lowest BCUT2D eigenvalue weighted by atomic mass is 9.79. The summed E-state index contributed by atoms with van der Waals surface area (Å²) in [5, 5.41) is 0. The van der Waals surface area contributed by atoms with Crippen molar-refractivity contribution in [1.82, 2.24) is 0 Å². The molecule has 1 fully saturated rings. The van der Waals surface area contributed by atoms with Gasteiger partial charge in [-0.3, -0.25) is 4.79 Å². The van der Waals surface area contributed by atoms with Crippen molar-refractivity contribution in [2.75, 3.05) is 0 Å². The number of allylic oxidation sites excluding steroid dienone is 4. The van der Waals surface area contributed by atoms with Crippen LogP contribution in [0, 0.1) is 5.41 Å². The summed E-state index contributed by atoms with van der Waals surface area (Å²) >= 11 is 0. The van der Waals surface area contributed by atoms with Gasteiger partial charge in [-0.2, -0.15) is 0 Å². The van der Waals surface area contributed by atoms with E-state index in [4.69, 9.17) is 0 Å². The topological polar surface area (TPSA) is 17.1 Å². The molecule has 58 valence electrons. The van der Waals surface area contributed by atoms with E-state index in [0.717, 1.165) is 12.8 Å². The first-order chi connectivity index (χ1) is 5.33. The molecule has 0 heterocycles. The minimum absolute atomic E-state index is 0.0747. The summed E-state index contributed by atoms with van der Waals surface area (Å²) in [5.74, 6) is 0.317. The molecule has 0 aliphatic heterocycles. The molecule has 0 unspecified atom stereocenters. The predicted molar refractivity (Wildman–Crippen MR) is 44.2 cm³/mol. The van der Waals surface area contributed by atoms with Gasteiger partial charge in [0.15, 0.2) is 5.78 Å². The highest BCUT2D eigenvalue weighted by atomic mass is 16.1. The standard InChI is InChI=1S/C10H12O/c11-9-5-1-2-6-10(9)7-3-4-8-10/h1-2,5-6H,3-4,7-8H2. The van der Waals surface area contributed by atoms with Gasteiger partial charge in [-0.05, 0) is 18.9 Å². The van der Waals surface area contributed by atoms with Crippen LogP contribution in [0.25, 0.3) is 0 Å². The molecular formula is C10H12O. The van der Waals surface area contributed by atoms with E-state index < -0.39 is 0 Å². The maximum absolute atomic E-state index is 11.5. The molecule has 0 radical (unpaired) electrons. The Labute approximate surface area is 66.8 Å². The Morgan fingerprint density at radius 2 is 1.91 bits per heavy atom. The molecule has 2 aliphatic rings. The molecule has 0 aromatic rings. The second kappa shape index (κ2) is 2.33. The number of rotatable bonds is 0. The Morgan fingerprint density at radius 1 is 1.18 bits per heavy atom. The second-order valence-corrected chi connectivity index (χ2v) is 3.45. The van der Waals surface area contributed by atoms with Gasteiger partial charge in [0.25, 0.3) is 0 Å². The number of ketones is 1. The molecule has 2 aliphatic carbocycles. The summed E-state index contributed by atoms with van der Waals surface area (Å²) < 4.78 is 0. The average molecular weight is 148 g/mol. The third kappa shape index (κ3) is 0.953. The van der Waals surface area contributed by atoms with Gasteiger partial charge in [-0.25, -0.2) is 0 Å². The molecule has 0 bridgehead atoms. The number of hydrogen-bond donors (Lipinski definition) is 0. The highest BCUT2D eigenvalue weighted by Crippen LogP contribution is 2.41. The highest BCUT2D eigenvalue weighted by molar-refractivity contribution is 5.97. The SMILES string of the molecule is O=C1C=CC=CC12CCCC2. The highest BCUT2D eigenvalue weighted by Gasteiger charge is 2.37. The van der Waals surface area contributed by atoms with E-state index in [0.29, 0.717) is 5.78 Å². The van der Waals surface area contributed by atoms with Crippen molar-refractivity contribution in [3.63, 3.8) is 0 Å². The maximum atomic E-state index is 11.5. The largest absolute Gasteiger partial charge is 0.294 e. The molecular weight excluding hydrogens is 136 g/mol. The van der Waals surface area contributed by atoms with Gasteiger partial charge in [-0.15, -0.1) is 0 Å². The van der Waals surface area contributed by atoms with E-state index in [1.165, 1.54) is 12.8 Å². The van der Waals surface area contributed by atoms with E-state index >= 15 is 0 Å². The van der Waals surface area contributed by atoms with Gasteiger partial charge in [0, 0.05) is 0 Å². The van der Waals surface area contributed by atoms with Crippen molar-refractivity contribution in [3.05, 3.63) is 24.3 Å². The molecule has 0 aromatic carbocycles. The first-order valence-corrected chi connectivity index (χ1v) is 4.24. The zero-order valence-electron chi connectivity index (χ0n) is 6.55. The first kappa shape index (κ1) is 6.84. The van der Waals surface area contributed by atoms with E-state index in [1.807, 2.05) is 12.2 Å². The Bertz CT molecular complexity index is 229. The van der Waals surface area contributed by atoms with Crippen LogP contribution in [-0.4, -0.2) is 5.78 Å². The smallest absolute Gasteiger partial charge is 0.165 e. The van der Waals surface area contributed by atoms with Gasteiger partial charge in [0.1, 0.15) is 0 Å². The van der Waals surface area contributed by atoms with Crippen molar-refractivity contribution in [2.24, 2.45) is 5.41 Å². The lowest BCUT2D eigenvalue weighted by molar-refractivity contribution is -0.121. The van der Waals surface area contributed by atoms with Gasteiger partial charge < -0.3 is 0 Å². The van der Waals surface area contributed by atoms with Crippen molar-refractivity contribution < 1.29 is 4.79 Å². The van der Waals surface area contributed by atoms with Gasteiger partial charge in [0.2, 0.25) is 0 Å². The number of carbonyl (C=O) groups excluding carboxylic acids is 1. The molecule has 1 heteroatoms. The molecule has 2 rings (SSSR count). The van der Waals surface area contributed by atoms with Crippen LogP contribution in [-0.2, 0) is 4.79 Å². The fourth-order valence-corrected chi connectivity index (χ4v) is 2.05. The monoisotopic (exact) mass is 148 g/mol. The lowest BCUT2D eigenvalue weighted by Gasteiger charge is -2.22. The zero-order valence-corrected chi connectivity index (χ0v) is 6.55. The molecule has 0 amide bonds. The van der Waals surface area contributed by atoms with Crippen molar-refractivity contribution >= 4 is 5.78 Å². The minimum Gasteiger partial charge on any atom is -0.294 e. The summed E-state index contributed by atoms with van der Waals surface area (Å²) in [4.78, 5) is 11.5. The maximum Gasteiger partial charge on any atom is 0.165 e. The lowest BCUT2D eigenvalue weighted by Crippen LogP contribution is -2.25. The Kier molecular flexibility index (Phi) is 1.45. The molecule has 1 nitrogen and oxygen atoms in total. The van der Waals surface area contributed by atoms with Crippen LogP contribution in [0.1, 0.15) is 25.7 Å². The summed E-state index contributed by atoms with van der Waals surface area (Å²) in [6.07, 6.45) is 12.2. The van der Waals surface area contributed by atoms with Crippen molar-refractivity contribution in [3.8, 4) is 0 Å². The molecule has 0 saturated heterocycles. The summed E-state index contributed by atoms with van der Waals surface area (Å²) in [7, 11) is 0. The fourth-order valence-electron chi connectivity index (χ4n) is 2.05. The number of carbonyl (C=O) groups is 1. The Morgan fingerprint density at radius 3 is 2.55 bits per heavy atom. The van der Waals surface area contributed by atoms with Crippen LogP contribution in [0.3, 0.4) is 0 Å². The van der Waals surface area contributed by atoms with E-state index in [9.17, 15) is 4.79 Å². The Hall–Kier alpha value is -0.850. The molecule has 1 spiro atoms. The molecule has 1 saturated carbocycles.